The smallest absolute Gasteiger partial charge is 0.266 e. The summed E-state index contributed by atoms with van der Waals surface area (Å²) in [4.78, 5) is -0.0241. The lowest BCUT2D eigenvalue weighted by Gasteiger charge is -2.14. The third kappa shape index (κ3) is 6.14. The molecule has 0 atom stereocenters. The van der Waals surface area contributed by atoms with Crippen molar-refractivity contribution in [1.82, 2.24) is 0 Å². The molecule has 0 saturated heterocycles. The minimum atomic E-state index is -4.02. The summed E-state index contributed by atoms with van der Waals surface area (Å²) in [6.07, 6.45) is -0.118. The van der Waals surface area contributed by atoms with E-state index in [1.807, 2.05) is 19.9 Å². The average molecular weight is 424 g/mol. The predicted molar refractivity (Wildman–Crippen MR) is 102 cm³/mol. The highest BCUT2D eigenvalue weighted by molar-refractivity contribution is 7.87. The van der Waals surface area contributed by atoms with E-state index in [2.05, 4.69) is 0 Å². The molecule has 150 valence electrons. The van der Waals surface area contributed by atoms with Crippen molar-refractivity contribution < 1.29 is 25.2 Å². The summed E-state index contributed by atoms with van der Waals surface area (Å²) in [6, 6.07) is 14.1. The summed E-state index contributed by atoms with van der Waals surface area (Å²) in [5.74, 6) is -0.731. The van der Waals surface area contributed by atoms with Crippen LogP contribution >= 0.6 is 0 Å². The monoisotopic (exact) mass is 423 g/mol. The Balaban J connectivity index is 2.02. The quantitative estimate of drug-likeness (QED) is 0.570. The van der Waals surface area contributed by atoms with E-state index in [-0.39, 0.29) is 29.4 Å². The van der Waals surface area contributed by atoms with Gasteiger partial charge in [-0.2, -0.15) is 22.1 Å². The van der Waals surface area contributed by atoms with Gasteiger partial charge in [0.25, 0.3) is 20.2 Å². The zero-order chi connectivity index (χ0) is 20.8. The third-order valence-corrected chi connectivity index (χ3v) is 6.51. The fraction of sp³-hybridized carbons (Fsp3) is 0.316. The van der Waals surface area contributed by atoms with E-state index in [0.29, 0.717) is 0 Å². The molecule has 2 aromatic carbocycles. The molecular weight excluding hydrogens is 402 g/mol. The summed E-state index contributed by atoms with van der Waals surface area (Å²) in [6.45, 7) is 2.92. The molecule has 0 saturated carbocycles. The maximum Gasteiger partial charge on any atom is 0.296 e. The van der Waals surface area contributed by atoms with E-state index < -0.39 is 26.2 Å². The molecule has 0 aliphatic rings. The second kappa shape index (κ2) is 9.30. The molecule has 0 aliphatic carbocycles. The first kappa shape index (κ1) is 22.0. The SMILES string of the molecule is Cc1ccc(S(=O)(=O)OCC(CC#N)COS(=O)(=O)c2ccc(C)cc2)cc1. The van der Waals surface area contributed by atoms with Crippen molar-refractivity contribution in [1.29, 1.82) is 5.26 Å². The zero-order valence-corrected chi connectivity index (χ0v) is 17.2. The van der Waals surface area contributed by atoms with Crippen LogP contribution in [0.1, 0.15) is 17.5 Å². The molecule has 0 radical (unpaired) electrons. The largest absolute Gasteiger partial charge is 0.296 e. The van der Waals surface area contributed by atoms with Crippen molar-refractivity contribution in [3.63, 3.8) is 0 Å². The Bertz CT molecular complexity index is 958. The first-order valence-electron chi connectivity index (χ1n) is 8.43. The Morgan fingerprint density at radius 2 is 1.14 bits per heavy atom. The molecule has 0 fully saturated rings. The number of hydrogen-bond acceptors (Lipinski definition) is 7. The van der Waals surface area contributed by atoms with Crippen LogP contribution in [0, 0.1) is 31.1 Å². The number of rotatable bonds is 9. The fourth-order valence-corrected chi connectivity index (χ4v) is 4.17. The summed E-state index contributed by atoms with van der Waals surface area (Å²) >= 11 is 0. The standard InChI is InChI=1S/C19H21NO6S2/c1-15-3-7-18(8-4-15)27(21,22)25-13-17(11-12-20)14-26-28(23,24)19-9-5-16(2)6-10-19/h3-10,17H,11,13-14H2,1-2H3. The number of aryl methyl sites for hydroxylation is 2. The molecule has 9 heteroatoms. The summed E-state index contributed by atoms with van der Waals surface area (Å²) < 4.78 is 59.0. The van der Waals surface area contributed by atoms with Gasteiger partial charge in [-0.25, -0.2) is 0 Å². The van der Waals surface area contributed by atoms with Crippen molar-refractivity contribution in [2.75, 3.05) is 13.2 Å². The second-order valence-corrected chi connectivity index (χ2v) is 9.56. The molecule has 2 aromatic rings. The van der Waals surface area contributed by atoms with Crippen LogP contribution in [0.4, 0.5) is 0 Å². The van der Waals surface area contributed by atoms with Crippen molar-refractivity contribution in [2.45, 2.75) is 30.1 Å². The van der Waals surface area contributed by atoms with Crippen molar-refractivity contribution in [3.05, 3.63) is 59.7 Å². The average Bonchev–Trinajstić information content (AvgIpc) is 2.65. The normalized spacial score (nSPS) is 12.1. The van der Waals surface area contributed by atoms with Crippen LogP contribution < -0.4 is 0 Å². The molecule has 0 unspecified atom stereocenters. The predicted octanol–water partition coefficient (Wildman–Crippen LogP) is 2.94. The molecule has 0 N–H and O–H groups in total. The minimum absolute atomic E-state index is 0.0120. The summed E-state index contributed by atoms with van der Waals surface area (Å²) in [7, 11) is -8.03. The topological polar surface area (TPSA) is 111 Å². The van der Waals surface area contributed by atoms with Gasteiger partial charge in [0.05, 0.1) is 29.1 Å². The summed E-state index contributed by atoms with van der Waals surface area (Å²) in [5.41, 5.74) is 1.80. The van der Waals surface area contributed by atoms with Gasteiger partial charge in [-0.3, -0.25) is 8.37 Å². The lowest BCUT2D eigenvalue weighted by Crippen LogP contribution is -2.21. The fourth-order valence-electron chi connectivity index (χ4n) is 2.21. The third-order valence-electron chi connectivity index (χ3n) is 3.92. The molecule has 0 heterocycles. The molecule has 2 rings (SSSR count). The Morgan fingerprint density at radius 3 is 1.46 bits per heavy atom. The van der Waals surface area contributed by atoms with Gasteiger partial charge < -0.3 is 0 Å². The van der Waals surface area contributed by atoms with E-state index in [1.54, 1.807) is 24.3 Å². The molecule has 28 heavy (non-hydrogen) atoms. The van der Waals surface area contributed by atoms with Crippen LogP contribution in [-0.2, 0) is 28.6 Å². The van der Waals surface area contributed by atoms with Crippen LogP contribution in [-0.4, -0.2) is 30.0 Å². The lowest BCUT2D eigenvalue weighted by molar-refractivity contribution is 0.186. The van der Waals surface area contributed by atoms with Gasteiger partial charge in [0.2, 0.25) is 0 Å². The van der Waals surface area contributed by atoms with Crippen molar-refractivity contribution in [3.8, 4) is 6.07 Å². The number of benzene rings is 2. The van der Waals surface area contributed by atoms with E-state index >= 15 is 0 Å². The van der Waals surface area contributed by atoms with E-state index in [0.717, 1.165) is 11.1 Å². The lowest BCUT2D eigenvalue weighted by atomic mass is 10.1. The molecule has 0 bridgehead atoms. The Morgan fingerprint density at radius 1 is 0.786 bits per heavy atom. The molecular formula is C19H21NO6S2. The summed E-state index contributed by atoms with van der Waals surface area (Å²) in [5, 5.41) is 8.93. The van der Waals surface area contributed by atoms with E-state index in [9.17, 15) is 16.8 Å². The van der Waals surface area contributed by atoms with Gasteiger partial charge in [0.15, 0.2) is 0 Å². The van der Waals surface area contributed by atoms with Gasteiger partial charge in [0.1, 0.15) is 0 Å². The Labute approximate surface area is 165 Å². The van der Waals surface area contributed by atoms with Crippen LogP contribution in [0.15, 0.2) is 58.3 Å². The zero-order valence-electron chi connectivity index (χ0n) is 15.5. The molecule has 7 nitrogen and oxygen atoms in total. The van der Waals surface area contributed by atoms with Gasteiger partial charge in [0, 0.05) is 12.3 Å². The van der Waals surface area contributed by atoms with Crippen LogP contribution in [0.3, 0.4) is 0 Å². The number of nitrogens with zero attached hydrogens (tertiary/aromatic N) is 1. The first-order valence-corrected chi connectivity index (χ1v) is 11.2. The molecule has 0 amide bonds. The Hall–Kier alpha value is -2.25. The highest BCUT2D eigenvalue weighted by Crippen LogP contribution is 2.18. The van der Waals surface area contributed by atoms with Crippen LogP contribution in [0.25, 0.3) is 0 Å². The molecule has 0 aromatic heterocycles. The second-order valence-electron chi connectivity index (χ2n) is 6.33. The van der Waals surface area contributed by atoms with Gasteiger partial charge in [-0.05, 0) is 38.1 Å². The van der Waals surface area contributed by atoms with E-state index in [4.69, 9.17) is 13.6 Å². The maximum atomic E-state index is 12.2. The molecule has 0 aliphatic heterocycles. The first-order chi connectivity index (χ1) is 13.1. The Kier molecular flexibility index (Phi) is 7.32. The van der Waals surface area contributed by atoms with Crippen molar-refractivity contribution in [2.24, 2.45) is 5.92 Å². The highest BCUT2D eigenvalue weighted by Gasteiger charge is 2.22. The van der Waals surface area contributed by atoms with E-state index in [1.165, 1.54) is 24.3 Å². The van der Waals surface area contributed by atoms with Gasteiger partial charge in [-0.15, -0.1) is 0 Å². The van der Waals surface area contributed by atoms with Crippen molar-refractivity contribution >= 4 is 20.2 Å². The minimum Gasteiger partial charge on any atom is -0.266 e. The highest BCUT2D eigenvalue weighted by atomic mass is 32.2. The van der Waals surface area contributed by atoms with Crippen LogP contribution in [0.2, 0.25) is 0 Å². The van der Waals surface area contributed by atoms with Gasteiger partial charge in [-0.1, -0.05) is 35.4 Å². The molecule has 0 spiro atoms. The van der Waals surface area contributed by atoms with Crippen LogP contribution in [0.5, 0.6) is 0 Å². The van der Waals surface area contributed by atoms with Gasteiger partial charge >= 0.3 is 0 Å². The maximum absolute atomic E-state index is 12.2. The number of nitriles is 1. The number of hydrogen-bond donors (Lipinski definition) is 0.